The van der Waals surface area contributed by atoms with Gasteiger partial charge in [-0.1, -0.05) is 50.5 Å². The molecule has 1 aliphatic rings. The Bertz CT molecular complexity index is 552. The van der Waals surface area contributed by atoms with Crippen LogP contribution in [0.15, 0.2) is 36.1 Å². The highest BCUT2D eigenvalue weighted by Crippen LogP contribution is 2.35. The van der Waals surface area contributed by atoms with Gasteiger partial charge in [-0.2, -0.15) is 8.78 Å². The summed E-state index contributed by atoms with van der Waals surface area (Å²) in [5.74, 6) is -4.02. The first kappa shape index (κ1) is 23.5. The number of aliphatic hydroxyl groups is 3. The number of allylic oxidation sites excluding steroid dienone is 3. The first-order chi connectivity index (χ1) is 12.6. The van der Waals surface area contributed by atoms with Crippen molar-refractivity contribution in [3.63, 3.8) is 0 Å². The molecule has 0 saturated carbocycles. The van der Waals surface area contributed by atoms with Crippen molar-refractivity contribution >= 4 is 6.29 Å². The van der Waals surface area contributed by atoms with Crippen molar-refractivity contribution in [1.82, 2.24) is 0 Å². The molecule has 1 rings (SSSR count). The number of carbonyl (C=O) groups is 1. The summed E-state index contributed by atoms with van der Waals surface area (Å²) >= 11 is 0. The van der Waals surface area contributed by atoms with Gasteiger partial charge in [0.2, 0.25) is 0 Å². The summed E-state index contributed by atoms with van der Waals surface area (Å²) < 4.78 is 25.7. The first-order valence-corrected chi connectivity index (χ1v) is 9.61. The molecule has 0 aromatic carbocycles. The lowest BCUT2D eigenvalue weighted by molar-refractivity contribution is -0.129. The van der Waals surface area contributed by atoms with E-state index in [0.29, 0.717) is 12.8 Å². The van der Waals surface area contributed by atoms with Gasteiger partial charge in [-0.25, -0.2) is 0 Å². The molecule has 0 unspecified atom stereocenters. The quantitative estimate of drug-likeness (QED) is 0.262. The van der Waals surface area contributed by atoms with Crippen molar-refractivity contribution in [1.29, 1.82) is 0 Å². The van der Waals surface area contributed by atoms with Gasteiger partial charge in [0.25, 0.3) is 0 Å². The Morgan fingerprint density at radius 3 is 2.56 bits per heavy atom. The topological polar surface area (TPSA) is 77.8 Å². The molecule has 4 nitrogen and oxygen atoms in total. The molecule has 154 valence electrons. The van der Waals surface area contributed by atoms with Gasteiger partial charge in [0, 0.05) is 18.3 Å². The molecular weight excluding hydrogens is 354 g/mol. The third-order valence-corrected chi connectivity index (χ3v) is 4.92. The Labute approximate surface area is 160 Å². The number of hydrogen-bond donors (Lipinski definition) is 3. The van der Waals surface area contributed by atoms with E-state index in [1.54, 1.807) is 31.2 Å². The molecule has 1 aliphatic carbocycles. The molecular formula is C21H32F2O4. The molecule has 0 spiro atoms. The summed E-state index contributed by atoms with van der Waals surface area (Å²) in [5.41, 5.74) is -0.982. The van der Waals surface area contributed by atoms with E-state index < -0.39 is 30.0 Å². The van der Waals surface area contributed by atoms with Crippen LogP contribution in [0.3, 0.4) is 0 Å². The van der Waals surface area contributed by atoms with Crippen molar-refractivity contribution in [2.24, 2.45) is 11.8 Å². The van der Waals surface area contributed by atoms with Crippen molar-refractivity contribution in [2.75, 3.05) is 0 Å². The number of rotatable bonds is 12. The van der Waals surface area contributed by atoms with E-state index in [1.807, 2.05) is 0 Å². The highest BCUT2D eigenvalue weighted by atomic mass is 19.3. The molecule has 0 bridgehead atoms. The van der Waals surface area contributed by atoms with Gasteiger partial charge in [0.05, 0.1) is 17.5 Å². The van der Waals surface area contributed by atoms with Gasteiger partial charge in [-0.3, -0.25) is 4.79 Å². The monoisotopic (exact) mass is 386 g/mol. The van der Waals surface area contributed by atoms with E-state index in [4.69, 9.17) is 0 Å². The van der Waals surface area contributed by atoms with Crippen LogP contribution in [-0.4, -0.2) is 39.2 Å². The molecule has 0 fully saturated rings. The number of unbranched alkanes of at least 4 members (excludes halogenated alkanes) is 2. The van der Waals surface area contributed by atoms with Crippen LogP contribution < -0.4 is 0 Å². The molecule has 6 heteroatoms. The molecule has 0 saturated heterocycles. The van der Waals surface area contributed by atoms with Crippen molar-refractivity contribution in [2.45, 2.75) is 76.4 Å². The Morgan fingerprint density at radius 1 is 1.22 bits per heavy atom. The van der Waals surface area contributed by atoms with Crippen LogP contribution in [0, 0.1) is 11.8 Å². The number of hydrogen-bond acceptors (Lipinski definition) is 4. The van der Waals surface area contributed by atoms with Crippen LogP contribution in [-0.2, 0) is 4.79 Å². The fourth-order valence-corrected chi connectivity index (χ4v) is 3.20. The summed E-state index contributed by atoms with van der Waals surface area (Å²) in [5, 5.41) is 30.6. The average Bonchev–Trinajstić information content (AvgIpc) is 2.86. The molecule has 4 atom stereocenters. The normalized spacial score (nSPS) is 25.9. The molecule has 0 aliphatic heterocycles. The molecule has 0 amide bonds. The van der Waals surface area contributed by atoms with E-state index in [9.17, 15) is 28.9 Å². The molecule has 0 aromatic rings. The van der Waals surface area contributed by atoms with Crippen LogP contribution in [0.2, 0.25) is 0 Å². The fourth-order valence-electron chi connectivity index (χ4n) is 3.20. The minimum Gasteiger partial charge on any atom is -0.512 e. The van der Waals surface area contributed by atoms with E-state index in [-0.39, 0.29) is 24.4 Å². The van der Waals surface area contributed by atoms with Crippen LogP contribution in [0.5, 0.6) is 0 Å². The molecule has 0 aromatic heterocycles. The van der Waals surface area contributed by atoms with Crippen molar-refractivity contribution in [3.8, 4) is 0 Å². The summed E-state index contributed by atoms with van der Waals surface area (Å²) in [6.07, 6.45) is 10.3. The fraction of sp³-hybridized carbons (Fsp3) is 0.667. The number of aldehydes is 1. The second-order valence-electron chi connectivity index (χ2n) is 7.57. The van der Waals surface area contributed by atoms with E-state index in [2.05, 4.69) is 6.92 Å². The molecule has 0 heterocycles. The lowest BCUT2D eigenvalue weighted by atomic mass is 9.87. The summed E-state index contributed by atoms with van der Waals surface area (Å²) in [4.78, 5) is 10.2. The third-order valence-electron chi connectivity index (χ3n) is 4.92. The predicted octanol–water partition coefficient (Wildman–Crippen LogP) is 4.48. The predicted molar refractivity (Wildman–Crippen MR) is 102 cm³/mol. The zero-order valence-electron chi connectivity index (χ0n) is 16.2. The Kier molecular flexibility index (Phi) is 9.33. The zero-order valence-corrected chi connectivity index (χ0v) is 16.2. The molecule has 0 radical (unpaired) electrons. The van der Waals surface area contributed by atoms with Crippen LogP contribution >= 0.6 is 0 Å². The second-order valence-corrected chi connectivity index (χ2v) is 7.57. The van der Waals surface area contributed by atoms with Gasteiger partial charge in [-0.15, -0.1) is 0 Å². The van der Waals surface area contributed by atoms with Crippen molar-refractivity contribution < 1.29 is 28.9 Å². The van der Waals surface area contributed by atoms with Crippen LogP contribution in [0.1, 0.15) is 58.8 Å². The van der Waals surface area contributed by atoms with E-state index >= 15 is 0 Å². The number of alkyl halides is 2. The standard InChI is InChI=1S/C21H32F2O4/c1-3-4-7-11-20(2,27)13-10-17-16(18(25)14-19(17)26)9-6-5-8-12-21(22,23)15-24/h5-6,10,13-18,25-27H,3-4,7-9,11-12H2,1-2H3/t16-,17+,18+,20+/m1/s1. The number of aliphatic hydroxyl groups excluding tert-OH is 2. The Morgan fingerprint density at radius 2 is 1.93 bits per heavy atom. The van der Waals surface area contributed by atoms with Gasteiger partial charge in [0.15, 0.2) is 6.29 Å². The van der Waals surface area contributed by atoms with Crippen LogP contribution in [0.25, 0.3) is 0 Å². The zero-order chi connectivity index (χ0) is 20.5. The maximum atomic E-state index is 12.9. The summed E-state index contributed by atoms with van der Waals surface area (Å²) in [6.45, 7) is 3.80. The van der Waals surface area contributed by atoms with E-state index in [0.717, 1.165) is 19.3 Å². The van der Waals surface area contributed by atoms with Crippen molar-refractivity contribution in [3.05, 3.63) is 36.1 Å². The lowest BCUT2D eigenvalue weighted by Crippen LogP contribution is -2.23. The maximum Gasteiger partial charge on any atom is 0.302 e. The lowest BCUT2D eigenvalue weighted by Gasteiger charge is -2.22. The minimum atomic E-state index is -3.31. The SMILES string of the molecule is CCCCC[C@](C)(O)C=C[C@@H]1C(O)=C[C@H](O)[C@@H]1CC=CCCC(F)(F)C=O. The van der Waals surface area contributed by atoms with Gasteiger partial charge in [0.1, 0.15) is 0 Å². The van der Waals surface area contributed by atoms with Crippen LogP contribution in [0.4, 0.5) is 8.78 Å². The Balaban J connectivity index is 2.62. The van der Waals surface area contributed by atoms with E-state index in [1.165, 1.54) is 6.08 Å². The van der Waals surface area contributed by atoms with Gasteiger partial charge >= 0.3 is 5.92 Å². The summed E-state index contributed by atoms with van der Waals surface area (Å²) in [6, 6.07) is 0. The third kappa shape index (κ3) is 8.35. The smallest absolute Gasteiger partial charge is 0.302 e. The summed E-state index contributed by atoms with van der Waals surface area (Å²) in [7, 11) is 0. The number of halogens is 2. The van der Waals surface area contributed by atoms with Gasteiger partial charge in [-0.05, 0) is 32.3 Å². The average molecular weight is 386 g/mol. The second kappa shape index (κ2) is 10.7. The first-order valence-electron chi connectivity index (χ1n) is 9.61. The largest absolute Gasteiger partial charge is 0.512 e. The minimum absolute atomic E-state index is 0.0500. The maximum absolute atomic E-state index is 12.9. The van der Waals surface area contributed by atoms with Gasteiger partial charge < -0.3 is 15.3 Å². The molecule has 3 N–H and O–H groups in total. The molecule has 27 heavy (non-hydrogen) atoms. The highest BCUT2D eigenvalue weighted by Gasteiger charge is 2.34. The number of carbonyl (C=O) groups excluding carboxylic acids is 1. The highest BCUT2D eigenvalue weighted by molar-refractivity contribution is 5.59. The Hall–Kier alpha value is -1.53.